The molecule has 2 heteroatoms. The quantitative estimate of drug-likeness (QED) is 0.742. The molecule has 0 fully saturated rings. The summed E-state index contributed by atoms with van der Waals surface area (Å²) < 4.78 is 0. The Hall–Kier alpha value is -0.0800. The molecule has 1 aromatic rings. The average Bonchev–Trinajstić information content (AvgIpc) is 2.15. The van der Waals surface area contributed by atoms with Gasteiger partial charge >= 0.3 is 0 Å². The Labute approximate surface area is 90.5 Å². The lowest BCUT2D eigenvalue weighted by Crippen LogP contribution is -1.89. The molecule has 13 heavy (non-hydrogen) atoms. The van der Waals surface area contributed by atoms with E-state index in [4.69, 9.17) is 0 Å². The first kappa shape index (κ1) is 11.0. The van der Waals surface area contributed by atoms with Crippen LogP contribution in [0.4, 0.5) is 0 Å². The molecule has 0 aliphatic heterocycles. The van der Waals surface area contributed by atoms with Crippen LogP contribution in [0.1, 0.15) is 25.0 Å². The highest BCUT2D eigenvalue weighted by Crippen LogP contribution is 2.17. The Morgan fingerprint density at radius 3 is 2.15 bits per heavy atom. The predicted molar refractivity (Wildman–Crippen MR) is 65.6 cm³/mol. The van der Waals surface area contributed by atoms with Gasteiger partial charge < -0.3 is 0 Å². The van der Waals surface area contributed by atoms with Crippen molar-refractivity contribution in [2.24, 2.45) is 0 Å². The number of thiol groups is 1. The van der Waals surface area contributed by atoms with Gasteiger partial charge in [0.05, 0.1) is 0 Å². The summed E-state index contributed by atoms with van der Waals surface area (Å²) >= 11 is 6.20. The maximum atomic E-state index is 4.22. The van der Waals surface area contributed by atoms with E-state index in [9.17, 15) is 0 Å². The van der Waals surface area contributed by atoms with E-state index in [2.05, 4.69) is 50.7 Å². The molecule has 0 unspecified atom stereocenters. The SMILES string of the molecule is CC(C)SCc1ccc(CS)cc1. The molecule has 0 nitrogen and oxygen atoms in total. The molecule has 0 bridgehead atoms. The molecule has 0 amide bonds. The summed E-state index contributed by atoms with van der Waals surface area (Å²) in [5.41, 5.74) is 2.70. The zero-order valence-electron chi connectivity index (χ0n) is 8.16. The lowest BCUT2D eigenvalue weighted by Gasteiger charge is -2.05. The largest absolute Gasteiger partial charge is 0.175 e. The summed E-state index contributed by atoms with van der Waals surface area (Å²) in [5, 5.41) is 0.713. The third-order valence-electron chi connectivity index (χ3n) is 1.79. The van der Waals surface area contributed by atoms with Gasteiger partial charge in [-0.25, -0.2) is 0 Å². The summed E-state index contributed by atoms with van der Waals surface area (Å²) in [4.78, 5) is 0. The molecule has 72 valence electrons. The lowest BCUT2D eigenvalue weighted by atomic mass is 10.2. The van der Waals surface area contributed by atoms with Crippen LogP contribution in [-0.4, -0.2) is 5.25 Å². The Morgan fingerprint density at radius 2 is 1.69 bits per heavy atom. The van der Waals surface area contributed by atoms with E-state index < -0.39 is 0 Å². The number of thioether (sulfide) groups is 1. The van der Waals surface area contributed by atoms with Crippen molar-refractivity contribution in [3.8, 4) is 0 Å². The molecule has 0 saturated carbocycles. The predicted octanol–water partition coefficient (Wildman–Crippen LogP) is 3.76. The maximum absolute atomic E-state index is 4.22. The summed E-state index contributed by atoms with van der Waals surface area (Å²) in [6, 6.07) is 8.70. The van der Waals surface area contributed by atoms with E-state index in [1.54, 1.807) is 0 Å². The summed E-state index contributed by atoms with van der Waals surface area (Å²) in [6.45, 7) is 4.46. The summed E-state index contributed by atoms with van der Waals surface area (Å²) in [5.74, 6) is 1.95. The van der Waals surface area contributed by atoms with Crippen LogP contribution in [0, 0.1) is 0 Å². The number of hydrogen-bond donors (Lipinski definition) is 1. The Morgan fingerprint density at radius 1 is 1.15 bits per heavy atom. The second kappa shape index (κ2) is 5.61. The van der Waals surface area contributed by atoms with Gasteiger partial charge in [-0.15, -0.1) is 0 Å². The zero-order valence-corrected chi connectivity index (χ0v) is 9.87. The van der Waals surface area contributed by atoms with Crippen molar-refractivity contribution in [1.29, 1.82) is 0 Å². The van der Waals surface area contributed by atoms with Crippen LogP contribution in [-0.2, 0) is 11.5 Å². The van der Waals surface area contributed by atoms with Crippen molar-refractivity contribution in [2.75, 3.05) is 0 Å². The van der Waals surface area contributed by atoms with Crippen LogP contribution in [0.3, 0.4) is 0 Å². The van der Waals surface area contributed by atoms with E-state index in [0.717, 1.165) is 11.5 Å². The third kappa shape index (κ3) is 4.10. The second-order valence-corrected chi connectivity index (χ2v) is 5.22. The number of rotatable bonds is 4. The fraction of sp³-hybridized carbons (Fsp3) is 0.455. The van der Waals surface area contributed by atoms with Gasteiger partial charge in [-0.05, 0) is 16.4 Å². The molecule has 0 atom stereocenters. The molecule has 0 N–H and O–H groups in total. The van der Waals surface area contributed by atoms with E-state index in [-0.39, 0.29) is 0 Å². The van der Waals surface area contributed by atoms with Crippen molar-refractivity contribution >= 4 is 24.4 Å². The van der Waals surface area contributed by atoms with Gasteiger partial charge in [0, 0.05) is 11.5 Å². The fourth-order valence-corrected chi connectivity index (χ4v) is 1.93. The monoisotopic (exact) mass is 212 g/mol. The minimum absolute atomic E-state index is 0.713. The zero-order chi connectivity index (χ0) is 9.68. The topological polar surface area (TPSA) is 0 Å². The van der Waals surface area contributed by atoms with Gasteiger partial charge in [0.25, 0.3) is 0 Å². The van der Waals surface area contributed by atoms with Crippen molar-refractivity contribution < 1.29 is 0 Å². The smallest absolute Gasteiger partial charge is 0.0187 e. The Bertz CT molecular complexity index is 239. The van der Waals surface area contributed by atoms with Gasteiger partial charge in [0.2, 0.25) is 0 Å². The number of hydrogen-bond acceptors (Lipinski definition) is 2. The van der Waals surface area contributed by atoms with E-state index in [1.807, 2.05) is 11.8 Å². The molecule has 0 aliphatic carbocycles. The third-order valence-corrected chi connectivity index (χ3v) is 3.32. The van der Waals surface area contributed by atoms with Crippen LogP contribution < -0.4 is 0 Å². The van der Waals surface area contributed by atoms with Gasteiger partial charge in [-0.1, -0.05) is 38.1 Å². The molecule has 0 radical (unpaired) electrons. The van der Waals surface area contributed by atoms with E-state index in [0.29, 0.717) is 5.25 Å². The summed E-state index contributed by atoms with van der Waals surface area (Å²) in [7, 11) is 0. The Balaban J connectivity index is 2.49. The van der Waals surface area contributed by atoms with Crippen LogP contribution in [0.2, 0.25) is 0 Å². The summed E-state index contributed by atoms with van der Waals surface area (Å²) in [6.07, 6.45) is 0. The molecule has 0 spiro atoms. The first-order valence-electron chi connectivity index (χ1n) is 4.52. The van der Waals surface area contributed by atoms with Crippen molar-refractivity contribution in [3.05, 3.63) is 35.4 Å². The molecular weight excluding hydrogens is 196 g/mol. The van der Waals surface area contributed by atoms with Gasteiger partial charge in [0.15, 0.2) is 0 Å². The fourth-order valence-electron chi connectivity index (χ4n) is 1.00. The molecule has 0 heterocycles. The van der Waals surface area contributed by atoms with Crippen LogP contribution in [0.15, 0.2) is 24.3 Å². The van der Waals surface area contributed by atoms with E-state index >= 15 is 0 Å². The molecule has 0 saturated heterocycles. The molecule has 1 aromatic carbocycles. The van der Waals surface area contributed by atoms with Crippen molar-refractivity contribution in [3.63, 3.8) is 0 Å². The molecular formula is C11H16S2. The van der Waals surface area contributed by atoms with Crippen molar-refractivity contribution in [1.82, 2.24) is 0 Å². The van der Waals surface area contributed by atoms with Crippen LogP contribution in [0.25, 0.3) is 0 Å². The maximum Gasteiger partial charge on any atom is 0.0187 e. The normalized spacial score (nSPS) is 10.8. The first-order chi connectivity index (χ1) is 6.22. The van der Waals surface area contributed by atoms with Crippen LogP contribution in [0.5, 0.6) is 0 Å². The second-order valence-electron chi connectivity index (χ2n) is 3.33. The Kier molecular flexibility index (Phi) is 4.74. The van der Waals surface area contributed by atoms with Crippen molar-refractivity contribution in [2.45, 2.75) is 30.6 Å². The molecule has 0 aromatic heterocycles. The highest BCUT2D eigenvalue weighted by atomic mass is 32.2. The lowest BCUT2D eigenvalue weighted by molar-refractivity contribution is 1.11. The molecule has 1 rings (SSSR count). The minimum atomic E-state index is 0.713. The van der Waals surface area contributed by atoms with Gasteiger partial charge in [0.1, 0.15) is 0 Å². The van der Waals surface area contributed by atoms with Gasteiger partial charge in [-0.2, -0.15) is 24.4 Å². The highest BCUT2D eigenvalue weighted by molar-refractivity contribution is 7.99. The number of benzene rings is 1. The van der Waals surface area contributed by atoms with Crippen LogP contribution >= 0.6 is 24.4 Å². The minimum Gasteiger partial charge on any atom is -0.175 e. The highest BCUT2D eigenvalue weighted by Gasteiger charge is 1.96. The molecule has 0 aliphatic rings. The standard InChI is InChI=1S/C11H16S2/c1-9(2)13-8-11-5-3-10(7-12)4-6-11/h3-6,9,12H,7-8H2,1-2H3. The van der Waals surface area contributed by atoms with E-state index in [1.165, 1.54) is 11.1 Å². The average molecular weight is 212 g/mol. The first-order valence-corrected chi connectivity index (χ1v) is 6.20. The van der Waals surface area contributed by atoms with Gasteiger partial charge in [-0.3, -0.25) is 0 Å².